The summed E-state index contributed by atoms with van der Waals surface area (Å²) in [6.45, 7) is 0. The van der Waals surface area contributed by atoms with Gasteiger partial charge in [-0.05, 0) is 47.2 Å². The first-order valence-corrected chi connectivity index (χ1v) is 8.27. The van der Waals surface area contributed by atoms with E-state index in [0.29, 0.717) is 5.69 Å². The summed E-state index contributed by atoms with van der Waals surface area (Å²) in [5.41, 5.74) is 6.48. The van der Waals surface area contributed by atoms with Crippen molar-refractivity contribution in [3.05, 3.63) is 53.9 Å². The SMILES string of the molecule is Nc1ccccc1S(=O)(=O)Nc1ccc2sccc2c1. The lowest BCUT2D eigenvalue weighted by atomic mass is 10.2. The van der Waals surface area contributed by atoms with Gasteiger partial charge in [0.15, 0.2) is 0 Å². The lowest BCUT2D eigenvalue weighted by molar-refractivity contribution is 0.601. The number of para-hydroxylation sites is 1. The number of hydrogen-bond acceptors (Lipinski definition) is 4. The van der Waals surface area contributed by atoms with E-state index in [1.165, 1.54) is 6.07 Å². The molecular weight excluding hydrogens is 292 g/mol. The van der Waals surface area contributed by atoms with Crippen LogP contribution in [0.15, 0.2) is 58.8 Å². The van der Waals surface area contributed by atoms with Crippen LogP contribution in [0.1, 0.15) is 0 Å². The van der Waals surface area contributed by atoms with Crippen LogP contribution in [0.3, 0.4) is 0 Å². The number of nitrogens with one attached hydrogen (secondary N) is 1. The van der Waals surface area contributed by atoms with E-state index in [1.807, 2.05) is 23.6 Å². The van der Waals surface area contributed by atoms with Crippen LogP contribution in [-0.4, -0.2) is 8.42 Å². The van der Waals surface area contributed by atoms with Crippen LogP contribution in [0.25, 0.3) is 10.1 Å². The number of rotatable bonds is 3. The summed E-state index contributed by atoms with van der Waals surface area (Å²) in [5.74, 6) is 0. The molecule has 1 aromatic heterocycles. The van der Waals surface area contributed by atoms with E-state index < -0.39 is 10.0 Å². The molecule has 6 heteroatoms. The maximum atomic E-state index is 12.3. The monoisotopic (exact) mass is 304 g/mol. The molecule has 4 nitrogen and oxygen atoms in total. The van der Waals surface area contributed by atoms with Crippen molar-refractivity contribution in [3.8, 4) is 0 Å². The summed E-state index contributed by atoms with van der Waals surface area (Å²) in [7, 11) is -3.67. The van der Waals surface area contributed by atoms with E-state index in [2.05, 4.69) is 4.72 Å². The largest absolute Gasteiger partial charge is 0.398 e. The molecule has 2 aromatic carbocycles. The normalized spacial score (nSPS) is 11.6. The summed E-state index contributed by atoms with van der Waals surface area (Å²) < 4.78 is 28.3. The topological polar surface area (TPSA) is 72.2 Å². The Bertz CT molecular complexity index is 870. The van der Waals surface area contributed by atoms with Gasteiger partial charge in [-0.25, -0.2) is 8.42 Å². The summed E-state index contributed by atoms with van der Waals surface area (Å²) in [6.07, 6.45) is 0. The van der Waals surface area contributed by atoms with Crippen molar-refractivity contribution in [1.82, 2.24) is 0 Å². The Morgan fingerprint density at radius 1 is 1.05 bits per heavy atom. The second kappa shape index (κ2) is 4.81. The van der Waals surface area contributed by atoms with Crippen molar-refractivity contribution in [3.63, 3.8) is 0 Å². The Hall–Kier alpha value is -2.05. The predicted molar refractivity (Wildman–Crippen MR) is 83.5 cm³/mol. The molecule has 0 saturated heterocycles. The van der Waals surface area contributed by atoms with Gasteiger partial charge in [0.05, 0.1) is 5.69 Å². The van der Waals surface area contributed by atoms with Crippen LogP contribution < -0.4 is 10.5 Å². The fourth-order valence-corrected chi connectivity index (χ4v) is 3.92. The lowest BCUT2D eigenvalue weighted by Crippen LogP contribution is -2.14. The molecule has 0 aliphatic carbocycles. The summed E-state index contributed by atoms with van der Waals surface area (Å²) >= 11 is 1.62. The number of fused-ring (bicyclic) bond motifs is 1. The minimum absolute atomic E-state index is 0.0883. The van der Waals surface area contributed by atoms with E-state index >= 15 is 0 Å². The number of nitrogen functional groups attached to an aromatic ring is 1. The number of hydrogen-bond donors (Lipinski definition) is 2. The van der Waals surface area contributed by atoms with E-state index in [-0.39, 0.29) is 10.6 Å². The van der Waals surface area contributed by atoms with Gasteiger partial charge in [-0.15, -0.1) is 11.3 Å². The fraction of sp³-hybridized carbons (Fsp3) is 0. The first-order valence-electron chi connectivity index (χ1n) is 5.91. The molecule has 0 aliphatic heterocycles. The van der Waals surface area contributed by atoms with Crippen molar-refractivity contribution in [1.29, 1.82) is 0 Å². The van der Waals surface area contributed by atoms with Crippen LogP contribution in [-0.2, 0) is 10.0 Å². The zero-order valence-corrected chi connectivity index (χ0v) is 12.0. The van der Waals surface area contributed by atoms with Gasteiger partial charge in [0, 0.05) is 10.4 Å². The number of nitrogens with two attached hydrogens (primary N) is 1. The number of sulfonamides is 1. The summed E-state index contributed by atoms with van der Waals surface area (Å²) in [5, 5.41) is 2.98. The molecule has 3 aromatic rings. The Morgan fingerprint density at radius 2 is 1.85 bits per heavy atom. The molecule has 0 saturated carbocycles. The van der Waals surface area contributed by atoms with Crippen LogP contribution in [0.5, 0.6) is 0 Å². The molecule has 0 aliphatic rings. The second-order valence-electron chi connectivity index (χ2n) is 4.32. The minimum atomic E-state index is -3.67. The van der Waals surface area contributed by atoms with Gasteiger partial charge < -0.3 is 5.73 Å². The van der Waals surface area contributed by atoms with Crippen LogP contribution in [0, 0.1) is 0 Å². The highest BCUT2D eigenvalue weighted by Crippen LogP contribution is 2.26. The number of anilines is 2. The smallest absolute Gasteiger partial charge is 0.263 e. The highest BCUT2D eigenvalue weighted by Gasteiger charge is 2.17. The Morgan fingerprint density at radius 3 is 2.65 bits per heavy atom. The third-order valence-corrected chi connectivity index (χ3v) is 5.27. The van der Waals surface area contributed by atoms with Crippen LogP contribution in [0.2, 0.25) is 0 Å². The van der Waals surface area contributed by atoms with Crippen molar-refractivity contribution in [2.24, 2.45) is 0 Å². The van der Waals surface area contributed by atoms with E-state index in [9.17, 15) is 8.42 Å². The average molecular weight is 304 g/mol. The summed E-state index contributed by atoms with van der Waals surface area (Å²) in [4.78, 5) is 0.0883. The molecule has 0 radical (unpaired) electrons. The zero-order valence-electron chi connectivity index (χ0n) is 10.4. The Balaban J connectivity index is 1.99. The molecule has 0 spiro atoms. The molecule has 3 rings (SSSR count). The van der Waals surface area contributed by atoms with Gasteiger partial charge in [-0.2, -0.15) is 0 Å². The fourth-order valence-electron chi connectivity index (χ4n) is 1.97. The van der Waals surface area contributed by atoms with E-state index in [4.69, 9.17) is 5.73 Å². The quantitative estimate of drug-likeness (QED) is 0.729. The molecule has 0 atom stereocenters. The van der Waals surface area contributed by atoms with Crippen molar-refractivity contribution < 1.29 is 8.42 Å². The van der Waals surface area contributed by atoms with E-state index in [1.54, 1.807) is 35.6 Å². The molecule has 0 fully saturated rings. The third kappa shape index (κ3) is 2.35. The first kappa shape index (κ1) is 13.0. The van der Waals surface area contributed by atoms with Gasteiger partial charge >= 0.3 is 0 Å². The molecule has 0 unspecified atom stereocenters. The standard InChI is InChI=1S/C14H12N2O2S2/c15-12-3-1-2-4-14(12)20(17,18)16-11-5-6-13-10(9-11)7-8-19-13/h1-9,16H,15H2. The molecule has 0 bridgehead atoms. The second-order valence-corrected chi connectivity index (χ2v) is 6.92. The van der Waals surface area contributed by atoms with Gasteiger partial charge in [0.2, 0.25) is 0 Å². The van der Waals surface area contributed by atoms with E-state index in [0.717, 1.165) is 10.1 Å². The number of benzene rings is 2. The maximum absolute atomic E-state index is 12.3. The van der Waals surface area contributed by atoms with Gasteiger partial charge in [0.25, 0.3) is 10.0 Å². The molecule has 1 heterocycles. The predicted octanol–water partition coefficient (Wildman–Crippen LogP) is 3.28. The summed E-state index contributed by atoms with van der Waals surface area (Å²) in [6, 6.07) is 13.8. The van der Waals surface area contributed by atoms with Gasteiger partial charge in [0.1, 0.15) is 4.90 Å². The van der Waals surface area contributed by atoms with Crippen molar-refractivity contribution in [2.75, 3.05) is 10.5 Å². The highest BCUT2D eigenvalue weighted by atomic mass is 32.2. The molecular formula is C14H12N2O2S2. The Labute approximate surface area is 120 Å². The minimum Gasteiger partial charge on any atom is -0.398 e. The third-order valence-electron chi connectivity index (χ3n) is 2.91. The zero-order chi connectivity index (χ0) is 14.2. The molecule has 102 valence electrons. The van der Waals surface area contributed by atoms with Crippen molar-refractivity contribution in [2.45, 2.75) is 4.90 Å². The van der Waals surface area contributed by atoms with Crippen LogP contribution in [0.4, 0.5) is 11.4 Å². The first-order chi connectivity index (χ1) is 9.56. The lowest BCUT2D eigenvalue weighted by Gasteiger charge is -2.10. The number of thiophene rings is 1. The van der Waals surface area contributed by atoms with Crippen LogP contribution >= 0.6 is 11.3 Å². The van der Waals surface area contributed by atoms with Gasteiger partial charge in [-0.1, -0.05) is 12.1 Å². The van der Waals surface area contributed by atoms with Crippen molar-refractivity contribution >= 4 is 42.8 Å². The maximum Gasteiger partial charge on any atom is 0.263 e. The van der Waals surface area contributed by atoms with Gasteiger partial charge in [-0.3, -0.25) is 4.72 Å². The molecule has 20 heavy (non-hydrogen) atoms. The highest BCUT2D eigenvalue weighted by molar-refractivity contribution is 7.92. The molecule has 0 amide bonds. The molecule has 3 N–H and O–H groups in total. The average Bonchev–Trinajstić information content (AvgIpc) is 2.86. The Kier molecular flexibility index (Phi) is 3.11.